The van der Waals surface area contributed by atoms with Crippen molar-refractivity contribution in [1.29, 1.82) is 0 Å². The van der Waals surface area contributed by atoms with Crippen molar-refractivity contribution >= 4 is 17.2 Å². The van der Waals surface area contributed by atoms with E-state index in [1.54, 1.807) is 10.9 Å². The lowest BCUT2D eigenvalue weighted by Gasteiger charge is -2.12. The van der Waals surface area contributed by atoms with Crippen LogP contribution in [0.25, 0.3) is 11.3 Å². The molecule has 0 atom stereocenters. The van der Waals surface area contributed by atoms with E-state index >= 15 is 0 Å². The fourth-order valence-electron chi connectivity index (χ4n) is 2.23. The summed E-state index contributed by atoms with van der Waals surface area (Å²) in [6.07, 6.45) is 4.80. The molecule has 0 bridgehead atoms. The summed E-state index contributed by atoms with van der Waals surface area (Å²) in [4.78, 5) is 4.07. The molecule has 98 valence electrons. The molecule has 0 amide bonds. The van der Waals surface area contributed by atoms with E-state index in [0.29, 0.717) is 5.15 Å². The Morgan fingerprint density at radius 1 is 1.42 bits per heavy atom. The summed E-state index contributed by atoms with van der Waals surface area (Å²) in [7, 11) is 0. The first-order valence-corrected chi connectivity index (χ1v) is 6.58. The lowest BCUT2D eigenvalue weighted by Crippen LogP contribution is -2.20. The predicted molar refractivity (Wildman–Crippen MR) is 74.4 cm³/mol. The molecule has 0 saturated carbocycles. The quantitative estimate of drug-likeness (QED) is 0.852. The van der Waals surface area contributed by atoms with Crippen LogP contribution in [-0.2, 0) is 0 Å². The van der Waals surface area contributed by atoms with Gasteiger partial charge in [-0.2, -0.15) is 0 Å². The van der Waals surface area contributed by atoms with Gasteiger partial charge in [0.25, 0.3) is 0 Å². The minimum absolute atomic E-state index is 0.432. The Hall–Kier alpha value is -1.72. The molecule has 3 heterocycles. The molecule has 3 rings (SSSR count). The molecule has 1 aliphatic rings. The van der Waals surface area contributed by atoms with Gasteiger partial charge in [-0.15, -0.1) is 5.10 Å². The zero-order valence-corrected chi connectivity index (χ0v) is 11.4. The van der Waals surface area contributed by atoms with Gasteiger partial charge in [0.05, 0.1) is 5.69 Å². The monoisotopic (exact) mass is 275 g/mol. The highest BCUT2D eigenvalue weighted by molar-refractivity contribution is 6.31. The van der Waals surface area contributed by atoms with Crippen molar-refractivity contribution in [3.8, 4) is 5.69 Å². The Morgan fingerprint density at radius 2 is 2.32 bits per heavy atom. The molecule has 19 heavy (non-hydrogen) atoms. The van der Waals surface area contributed by atoms with E-state index in [1.165, 1.54) is 5.57 Å². The minimum atomic E-state index is 0.432. The van der Waals surface area contributed by atoms with Gasteiger partial charge in [0.15, 0.2) is 5.15 Å². The molecule has 5 nitrogen and oxygen atoms in total. The number of hydrogen-bond acceptors (Lipinski definition) is 4. The molecule has 0 spiro atoms. The van der Waals surface area contributed by atoms with Gasteiger partial charge < -0.3 is 5.32 Å². The third-order valence-corrected chi connectivity index (χ3v) is 3.52. The van der Waals surface area contributed by atoms with Crippen molar-refractivity contribution in [2.75, 3.05) is 13.1 Å². The molecule has 0 aliphatic carbocycles. The summed E-state index contributed by atoms with van der Waals surface area (Å²) in [5, 5.41) is 12.2. The van der Waals surface area contributed by atoms with Crippen molar-refractivity contribution in [2.45, 2.75) is 13.3 Å². The molecule has 0 aromatic carbocycles. The van der Waals surface area contributed by atoms with Crippen molar-refractivity contribution in [3.63, 3.8) is 0 Å². The fourth-order valence-corrected chi connectivity index (χ4v) is 2.43. The first kappa shape index (κ1) is 12.3. The lowest BCUT2D eigenvalue weighted by atomic mass is 10.0. The van der Waals surface area contributed by atoms with Gasteiger partial charge in [-0.05, 0) is 37.6 Å². The van der Waals surface area contributed by atoms with Crippen molar-refractivity contribution in [1.82, 2.24) is 25.3 Å². The number of pyridine rings is 1. The Balaban J connectivity index is 2.04. The van der Waals surface area contributed by atoms with E-state index in [1.807, 2.05) is 19.1 Å². The summed E-state index contributed by atoms with van der Waals surface area (Å²) in [6, 6.07) is 3.73. The second kappa shape index (κ2) is 5.11. The normalized spacial score (nSPS) is 15.4. The molecule has 6 heteroatoms. The minimum Gasteiger partial charge on any atom is -0.313 e. The van der Waals surface area contributed by atoms with E-state index in [9.17, 15) is 0 Å². The van der Waals surface area contributed by atoms with Gasteiger partial charge in [0.1, 0.15) is 11.4 Å². The first-order chi connectivity index (χ1) is 9.27. The maximum absolute atomic E-state index is 6.10. The molecule has 0 fully saturated rings. The van der Waals surface area contributed by atoms with Crippen LogP contribution in [0.2, 0.25) is 5.15 Å². The highest BCUT2D eigenvalue weighted by Gasteiger charge is 2.16. The molecule has 1 aliphatic heterocycles. The van der Waals surface area contributed by atoms with Gasteiger partial charge >= 0.3 is 0 Å². The summed E-state index contributed by atoms with van der Waals surface area (Å²) in [5.41, 5.74) is 3.93. The van der Waals surface area contributed by atoms with Crippen LogP contribution in [0.3, 0.4) is 0 Å². The standard InChI is InChI=1S/C13H14ClN5/c1-9-12(10-4-7-15-8-5-10)17-18-19(9)11-3-2-6-16-13(11)14/h2-4,6,15H,5,7-8H2,1H3. The Labute approximate surface area is 116 Å². The number of rotatable bonds is 2. The largest absolute Gasteiger partial charge is 0.313 e. The van der Waals surface area contributed by atoms with E-state index in [4.69, 9.17) is 11.6 Å². The third-order valence-electron chi connectivity index (χ3n) is 3.23. The number of aromatic nitrogens is 4. The van der Waals surface area contributed by atoms with E-state index in [-0.39, 0.29) is 0 Å². The fraction of sp³-hybridized carbons (Fsp3) is 0.308. The zero-order valence-electron chi connectivity index (χ0n) is 10.6. The van der Waals surface area contributed by atoms with Gasteiger partial charge in [0.2, 0.25) is 0 Å². The van der Waals surface area contributed by atoms with Crippen LogP contribution < -0.4 is 5.32 Å². The lowest BCUT2D eigenvalue weighted by molar-refractivity contribution is 0.736. The molecule has 2 aromatic rings. The third kappa shape index (κ3) is 2.27. The summed E-state index contributed by atoms with van der Waals surface area (Å²) in [5.74, 6) is 0. The van der Waals surface area contributed by atoms with Crippen molar-refractivity contribution in [3.05, 3.63) is 40.9 Å². The molecule has 2 aromatic heterocycles. The van der Waals surface area contributed by atoms with E-state index in [2.05, 4.69) is 26.7 Å². The van der Waals surface area contributed by atoms with Crippen LogP contribution in [0, 0.1) is 6.92 Å². The zero-order chi connectivity index (χ0) is 13.2. The molecule has 0 radical (unpaired) electrons. The smallest absolute Gasteiger partial charge is 0.154 e. The van der Waals surface area contributed by atoms with Gasteiger partial charge in [-0.1, -0.05) is 22.9 Å². The highest BCUT2D eigenvalue weighted by Crippen LogP contribution is 2.24. The van der Waals surface area contributed by atoms with Gasteiger partial charge in [0, 0.05) is 12.7 Å². The molecule has 0 unspecified atom stereocenters. The first-order valence-electron chi connectivity index (χ1n) is 6.20. The van der Waals surface area contributed by atoms with Crippen LogP contribution in [0.5, 0.6) is 0 Å². The maximum Gasteiger partial charge on any atom is 0.154 e. The summed E-state index contributed by atoms with van der Waals surface area (Å²) >= 11 is 6.10. The highest BCUT2D eigenvalue weighted by atomic mass is 35.5. The Bertz CT molecular complexity index is 632. The predicted octanol–water partition coefficient (Wildman–Crippen LogP) is 2.00. The average Bonchev–Trinajstić information content (AvgIpc) is 2.82. The van der Waals surface area contributed by atoms with Crippen LogP contribution in [-0.4, -0.2) is 33.1 Å². The molecular formula is C13H14ClN5. The topological polar surface area (TPSA) is 55.6 Å². The average molecular weight is 276 g/mol. The number of halogens is 1. The Kier molecular flexibility index (Phi) is 3.31. The maximum atomic E-state index is 6.10. The second-order valence-corrected chi connectivity index (χ2v) is 4.79. The number of hydrogen-bond donors (Lipinski definition) is 1. The molecule has 1 N–H and O–H groups in total. The van der Waals surface area contributed by atoms with E-state index in [0.717, 1.165) is 36.6 Å². The molecule has 0 saturated heterocycles. The van der Waals surface area contributed by atoms with E-state index < -0.39 is 0 Å². The SMILES string of the molecule is Cc1c(C2=CCNCC2)nnn1-c1cccnc1Cl. The van der Waals surface area contributed by atoms with Crippen molar-refractivity contribution in [2.24, 2.45) is 0 Å². The van der Waals surface area contributed by atoms with Gasteiger partial charge in [-0.3, -0.25) is 0 Å². The second-order valence-electron chi connectivity index (χ2n) is 4.43. The van der Waals surface area contributed by atoms with Crippen LogP contribution in [0.1, 0.15) is 17.8 Å². The summed E-state index contributed by atoms with van der Waals surface area (Å²) in [6.45, 7) is 3.86. The number of nitrogens with zero attached hydrogens (tertiary/aromatic N) is 4. The molecular weight excluding hydrogens is 262 g/mol. The summed E-state index contributed by atoms with van der Waals surface area (Å²) < 4.78 is 1.74. The van der Waals surface area contributed by atoms with Gasteiger partial charge in [-0.25, -0.2) is 9.67 Å². The van der Waals surface area contributed by atoms with Crippen LogP contribution >= 0.6 is 11.6 Å². The van der Waals surface area contributed by atoms with Crippen LogP contribution in [0.4, 0.5) is 0 Å². The Morgan fingerprint density at radius 3 is 3.05 bits per heavy atom. The van der Waals surface area contributed by atoms with Crippen LogP contribution in [0.15, 0.2) is 24.4 Å². The van der Waals surface area contributed by atoms with Crippen molar-refractivity contribution < 1.29 is 0 Å². The number of nitrogens with one attached hydrogen (secondary N) is 1.